The summed E-state index contributed by atoms with van der Waals surface area (Å²) in [4.78, 5) is 4.63. The Morgan fingerprint density at radius 2 is 1.47 bits per heavy atom. The van der Waals surface area contributed by atoms with Crippen molar-refractivity contribution in [2.24, 2.45) is 0 Å². The Morgan fingerprint density at radius 3 is 2.11 bits per heavy atom. The molecule has 4 nitrogen and oxygen atoms in total. The van der Waals surface area contributed by atoms with E-state index in [9.17, 15) is 0 Å². The Hall–Kier alpha value is -3.24. The van der Waals surface area contributed by atoms with Gasteiger partial charge in [0, 0.05) is 41.4 Å². The Labute approximate surface area is 217 Å². The van der Waals surface area contributed by atoms with Crippen LogP contribution in [0.2, 0.25) is 0 Å². The number of hydrogen-bond donors (Lipinski definition) is 0. The van der Waals surface area contributed by atoms with Gasteiger partial charge in [-0.05, 0) is 69.2 Å². The van der Waals surface area contributed by atoms with Gasteiger partial charge in [-0.15, -0.1) is 0 Å². The second-order valence-electron chi connectivity index (χ2n) is 10.2. The summed E-state index contributed by atoms with van der Waals surface area (Å²) in [6.45, 7) is 16.0. The summed E-state index contributed by atoms with van der Waals surface area (Å²) in [5.74, 6) is 1.98. The fraction of sp³-hybridized carbons (Fsp3) is 0.375. The van der Waals surface area contributed by atoms with Crippen molar-refractivity contribution >= 4 is 0 Å². The van der Waals surface area contributed by atoms with E-state index in [1.807, 2.05) is 26.0 Å². The van der Waals surface area contributed by atoms with Gasteiger partial charge in [0.1, 0.15) is 18.2 Å². The molecule has 36 heavy (non-hydrogen) atoms. The largest absolute Gasteiger partial charge is 0.478 e. The van der Waals surface area contributed by atoms with Crippen LogP contribution >= 0.6 is 0 Å². The summed E-state index contributed by atoms with van der Waals surface area (Å²) in [7, 11) is 0. The van der Waals surface area contributed by atoms with E-state index in [4.69, 9.17) is 9.47 Å². The number of rotatable bonds is 7. The highest BCUT2D eigenvalue weighted by molar-refractivity contribution is 5.48. The number of allylic oxidation sites excluding steroid dienone is 7. The highest BCUT2D eigenvalue weighted by Gasteiger charge is 2.28. The lowest BCUT2D eigenvalue weighted by atomic mass is 9.77. The zero-order chi connectivity index (χ0) is 25.7. The number of hydrogen-bond acceptors (Lipinski definition) is 4. The molecule has 0 bridgehead atoms. The van der Waals surface area contributed by atoms with E-state index in [2.05, 4.69) is 104 Å². The molecule has 2 aromatic rings. The summed E-state index contributed by atoms with van der Waals surface area (Å²) in [6, 6.07) is 13.7. The van der Waals surface area contributed by atoms with Gasteiger partial charge >= 0.3 is 0 Å². The zero-order valence-electron chi connectivity index (χ0n) is 22.6. The van der Waals surface area contributed by atoms with Crippen LogP contribution in [0.4, 0.5) is 0 Å². The van der Waals surface area contributed by atoms with Crippen LogP contribution in [0.3, 0.4) is 0 Å². The van der Waals surface area contributed by atoms with Crippen LogP contribution in [0.1, 0.15) is 63.8 Å². The molecular weight excluding hydrogens is 444 g/mol. The molecule has 2 aromatic carbocycles. The highest BCUT2D eigenvalue weighted by atomic mass is 16.5. The van der Waals surface area contributed by atoms with Crippen molar-refractivity contribution in [2.75, 3.05) is 13.5 Å². The van der Waals surface area contributed by atoms with Crippen molar-refractivity contribution in [1.29, 1.82) is 0 Å². The van der Waals surface area contributed by atoms with E-state index in [0.29, 0.717) is 19.5 Å². The molecule has 2 aliphatic heterocycles. The van der Waals surface area contributed by atoms with E-state index in [1.165, 1.54) is 28.0 Å². The molecule has 0 radical (unpaired) electrons. The van der Waals surface area contributed by atoms with Gasteiger partial charge in [-0.2, -0.15) is 0 Å². The predicted octanol–water partition coefficient (Wildman–Crippen LogP) is 7.32. The van der Waals surface area contributed by atoms with Crippen LogP contribution in [0.25, 0.3) is 0 Å². The highest BCUT2D eigenvalue weighted by Crippen LogP contribution is 2.38. The monoisotopic (exact) mass is 484 g/mol. The predicted molar refractivity (Wildman–Crippen MR) is 149 cm³/mol. The van der Waals surface area contributed by atoms with Gasteiger partial charge in [0.15, 0.2) is 6.73 Å². The van der Waals surface area contributed by atoms with E-state index < -0.39 is 0 Å². The average molecular weight is 485 g/mol. The van der Waals surface area contributed by atoms with Crippen molar-refractivity contribution in [2.45, 2.75) is 66.1 Å². The van der Waals surface area contributed by atoms with E-state index in [1.54, 1.807) is 0 Å². The van der Waals surface area contributed by atoms with Gasteiger partial charge in [-0.3, -0.25) is 4.90 Å². The molecule has 2 heterocycles. The van der Waals surface area contributed by atoms with Crippen LogP contribution in [0.15, 0.2) is 84.6 Å². The Bertz CT molecular complexity index is 1190. The molecule has 1 unspecified atom stereocenters. The van der Waals surface area contributed by atoms with Gasteiger partial charge in [0.2, 0.25) is 0 Å². The fourth-order valence-corrected chi connectivity index (χ4v) is 4.73. The first-order valence-corrected chi connectivity index (χ1v) is 12.9. The number of benzene rings is 2. The second-order valence-corrected chi connectivity index (χ2v) is 10.2. The standard InChI is InChI=1S/C32H40N2O2/c1-7-9-11-13-25(4)34-21-27-19-29(15-17-31(27)36-23-34)32(5,6)28-14-16-30-26(18-28)20-33(22-35-30)24(3)12-10-8-2/h7-19,25H,20-23H2,1-6H3/b9-7-,10-8-,13-11-,24-12+. The Kier molecular flexibility index (Phi) is 8.05. The molecule has 4 heteroatoms. The summed E-state index contributed by atoms with van der Waals surface area (Å²) in [6.07, 6.45) is 14.7. The Morgan fingerprint density at radius 1 is 0.861 bits per heavy atom. The third kappa shape index (κ3) is 5.60. The van der Waals surface area contributed by atoms with Crippen LogP contribution in [-0.4, -0.2) is 29.3 Å². The minimum Gasteiger partial charge on any atom is -0.478 e. The fourth-order valence-electron chi connectivity index (χ4n) is 4.73. The lowest BCUT2D eigenvalue weighted by Gasteiger charge is -2.35. The molecule has 190 valence electrons. The first kappa shape index (κ1) is 25.8. The molecule has 0 saturated carbocycles. The molecule has 0 aliphatic carbocycles. The number of ether oxygens (including phenoxy) is 2. The van der Waals surface area contributed by atoms with Crippen molar-refractivity contribution in [3.63, 3.8) is 0 Å². The average Bonchev–Trinajstić information content (AvgIpc) is 2.90. The van der Waals surface area contributed by atoms with Crippen molar-refractivity contribution in [1.82, 2.24) is 9.80 Å². The molecule has 0 N–H and O–H groups in total. The van der Waals surface area contributed by atoms with Crippen LogP contribution in [-0.2, 0) is 18.5 Å². The van der Waals surface area contributed by atoms with Crippen LogP contribution in [0.5, 0.6) is 11.5 Å². The van der Waals surface area contributed by atoms with Crippen LogP contribution < -0.4 is 9.47 Å². The third-order valence-electron chi connectivity index (χ3n) is 7.36. The zero-order valence-corrected chi connectivity index (χ0v) is 22.6. The van der Waals surface area contributed by atoms with Crippen LogP contribution in [0, 0.1) is 0 Å². The maximum Gasteiger partial charge on any atom is 0.161 e. The quantitative estimate of drug-likeness (QED) is 0.385. The summed E-state index contributed by atoms with van der Waals surface area (Å²) in [5, 5.41) is 0. The molecule has 0 aromatic heterocycles. The van der Waals surface area contributed by atoms with E-state index in [0.717, 1.165) is 24.6 Å². The van der Waals surface area contributed by atoms with Crippen molar-refractivity contribution in [3.05, 3.63) is 107 Å². The van der Waals surface area contributed by atoms with Gasteiger partial charge in [-0.25, -0.2) is 0 Å². The summed E-state index contributed by atoms with van der Waals surface area (Å²) >= 11 is 0. The van der Waals surface area contributed by atoms with Crippen molar-refractivity contribution in [3.8, 4) is 11.5 Å². The number of nitrogens with zero attached hydrogens (tertiary/aromatic N) is 2. The lowest BCUT2D eigenvalue weighted by molar-refractivity contribution is 0.0778. The molecule has 1 atom stereocenters. The molecule has 0 fully saturated rings. The minimum absolute atomic E-state index is 0.151. The molecule has 0 amide bonds. The number of fused-ring (bicyclic) bond motifs is 2. The van der Waals surface area contributed by atoms with Crippen molar-refractivity contribution < 1.29 is 9.47 Å². The first-order chi connectivity index (χ1) is 17.3. The first-order valence-electron chi connectivity index (χ1n) is 12.9. The lowest BCUT2D eigenvalue weighted by Crippen LogP contribution is -2.38. The van der Waals surface area contributed by atoms with Gasteiger partial charge < -0.3 is 14.4 Å². The normalized spacial score (nSPS) is 17.8. The maximum atomic E-state index is 6.12. The summed E-state index contributed by atoms with van der Waals surface area (Å²) in [5.41, 5.74) is 6.11. The SMILES string of the molecule is C/C=C\C=C/C(C)N1COc2ccc(C(C)(C)c3ccc4c(c3)CN(/C(C)=C/C=C\C)CO4)cc2C1. The molecule has 4 rings (SSSR count). The third-order valence-corrected chi connectivity index (χ3v) is 7.36. The molecular formula is C32H40N2O2. The van der Waals surface area contributed by atoms with Gasteiger partial charge in [-0.1, -0.05) is 62.4 Å². The molecule has 2 aliphatic rings. The van der Waals surface area contributed by atoms with Gasteiger partial charge in [0.25, 0.3) is 0 Å². The van der Waals surface area contributed by atoms with E-state index in [-0.39, 0.29) is 5.41 Å². The summed E-state index contributed by atoms with van der Waals surface area (Å²) < 4.78 is 12.2. The Balaban J connectivity index is 1.56. The minimum atomic E-state index is -0.151. The molecule has 0 saturated heterocycles. The van der Waals surface area contributed by atoms with Gasteiger partial charge in [0.05, 0.1) is 0 Å². The second kappa shape index (κ2) is 11.2. The smallest absolute Gasteiger partial charge is 0.161 e. The maximum absolute atomic E-state index is 6.12. The van der Waals surface area contributed by atoms with E-state index >= 15 is 0 Å². The topological polar surface area (TPSA) is 24.9 Å². The molecule has 0 spiro atoms.